The predicted molar refractivity (Wildman–Crippen MR) is 559 cm³/mol. The number of carbonyl (C=O) groups is 8. The van der Waals surface area contributed by atoms with Crippen LogP contribution in [0, 0.1) is 27.7 Å². The van der Waals surface area contributed by atoms with Gasteiger partial charge in [0.1, 0.15) is 0 Å². The normalized spacial score (nSPS) is 13.8. The van der Waals surface area contributed by atoms with Crippen LogP contribution in [0.2, 0.25) is 0 Å². The number of nitrogens with zero attached hydrogens (tertiary/aromatic N) is 4. The molecular formula is C120H92N4O16S4. The first-order valence-electron chi connectivity index (χ1n) is 46.0. The first kappa shape index (κ1) is 98.4. The van der Waals surface area contributed by atoms with Crippen LogP contribution in [0.3, 0.4) is 0 Å². The Bertz CT molecular complexity index is 7340. The fourth-order valence-corrected chi connectivity index (χ4v) is 22.9. The molecule has 20 rings (SSSR count). The average molecular weight is 1970 g/mol. The van der Waals surface area contributed by atoms with Crippen LogP contribution in [-0.4, -0.2) is 124 Å². The van der Waals surface area contributed by atoms with Gasteiger partial charge in [0, 0.05) is 44.5 Å². The molecule has 4 aliphatic rings. The van der Waals surface area contributed by atoms with E-state index in [4.69, 9.17) is 0 Å². The summed E-state index contributed by atoms with van der Waals surface area (Å²) in [5.41, 5.74) is 14.8. The van der Waals surface area contributed by atoms with Crippen molar-refractivity contribution in [3.05, 3.63) is 526 Å². The van der Waals surface area contributed by atoms with E-state index in [1.165, 1.54) is 48.5 Å². The molecule has 144 heavy (non-hydrogen) atoms. The van der Waals surface area contributed by atoms with E-state index in [1.807, 2.05) is 198 Å². The third kappa shape index (κ3) is 20.3. The molecule has 0 bridgehead atoms. The molecule has 0 radical (unpaired) electrons. The molecule has 4 heterocycles. The zero-order valence-electron chi connectivity index (χ0n) is 78.4. The Kier molecular flexibility index (Phi) is 29.0. The largest absolute Gasteiger partial charge is 0.289 e. The summed E-state index contributed by atoms with van der Waals surface area (Å²) >= 11 is 0. The molecule has 0 unspecified atom stereocenters. The molecule has 4 amide bonds. The van der Waals surface area contributed by atoms with Crippen molar-refractivity contribution in [2.24, 2.45) is 0 Å². The molecule has 16 aromatic carbocycles. The fraction of sp³-hybridized carbons (Fsp3) is 0.0667. The molecule has 0 fully saturated rings. The number of benzene rings is 16. The van der Waals surface area contributed by atoms with E-state index in [-0.39, 0.29) is 113 Å². The summed E-state index contributed by atoms with van der Waals surface area (Å²) in [5.74, 6) is -4.33. The Hall–Kier alpha value is -17.2. The topological polar surface area (TPSA) is 286 Å². The highest BCUT2D eigenvalue weighted by Gasteiger charge is 2.48. The molecule has 16 aromatic rings. The Morgan fingerprint density at radius 3 is 0.479 bits per heavy atom. The summed E-state index contributed by atoms with van der Waals surface area (Å²) in [7, 11) is -16.7. The number of hydrogen-bond donors (Lipinski definition) is 0. The highest BCUT2D eigenvalue weighted by atomic mass is 32.2. The highest BCUT2D eigenvalue weighted by Crippen LogP contribution is 2.45. The molecule has 0 N–H and O–H groups in total. The van der Waals surface area contributed by atoms with Gasteiger partial charge in [-0.05, 0) is 143 Å². The van der Waals surface area contributed by atoms with Crippen molar-refractivity contribution in [2.75, 3.05) is 26.2 Å². The van der Waals surface area contributed by atoms with Crippen LogP contribution in [0.4, 0.5) is 0 Å². The monoisotopic (exact) mass is 1970 g/mol. The lowest BCUT2D eigenvalue weighted by Gasteiger charge is -2.18. The van der Waals surface area contributed by atoms with Crippen LogP contribution in [-0.2, 0) is 59.3 Å². The van der Waals surface area contributed by atoms with Crippen LogP contribution in [0.1, 0.15) is 85.9 Å². The maximum atomic E-state index is 13.9. The van der Waals surface area contributed by atoms with Crippen molar-refractivity contribution in [3.63, 3.8) is 0 Å². The van der Waals surface area contributed by atoms with Gasteiger partial charge in [-0.3, -0.25) is 38.4 Å². The Morgan fingerprint density at radius 1 is 0.181 bits per heavy atom. The maximum Gasteiger partial charge on any atom is 0.269 e. The van der Waals surface area contributed by atoms with Crippen LogP contribution >= 0.6 is 0 Å². The summed E-state index contributed by atoms with van der Waals surface area (Å²) in [6, 6.07) is 127. The lowest BCUT2D eigenvalue weighted by molar-refractivity contribution is -0.120. The molecule has 20 nitrogen and oxygen atoms in total. The molecule has 0 atom stereocenters. The first-order valence-corrected chi connectivity index (χ1v) is 51.7. The number of carbonyl (C=O) groups excluding carboxylic acids is 8. The summed E-state index contributed by atoms with van der Waals surface area (Å²) < 4.78 is 112. The summed E-state index contributed by atoms with van der Waals surface area (Å²) in [6.07, 6.45) is 0. The van der Waals surface area contributed by atoms with Crippen LogP contribution < -0.4 is 0 Å². The summed E-state index contributed by atoms with van der Waals surface area (Å²) in [5, 5.41) is 0. The van der Waals surface area contributed by atoms with Gasteiger partial charge in [0.2, 0.25) is 0 Å². The van der Waals surface area contributed by atoms with Crippen molar-refractivity contribution in [2.45, 2.75) is 47.3 Å². The van der Waals surface area contributed by atoms with E-state index < -0.39 is 63.7 Å². The molecule has 4 aliphatic heterocycles. The number of sulfonamides is 4. The van der Waals surface area contributed by atoms with Crippen molar-refractivity contribution in [1.82, 2.24) is 17.2 Å². The Balaban J connectivity index is 0.000000132. The van der Waals surface area contributed by atoms with Crippen molar-refractivity contribution in [3.8, 4) is 44.5 Å². The standard InChI is InChI=1S/4C30H23NO4S/c4*1-21-16-18-24(19-17-21)36(34,35)31-20-27(29(32)23-12-6-3-7-13-23)28(30(31)33)26-15-9-8-14-25(26)22-10-4-2-5-11-22/h4*2-19H,20H2,1H3. The van der Waals surface area contributed by atoms with Crippen LogP contribution in [0.15, 0.2) is 479 Å². The van der Waals surface area contributed by atoms with E-state index in [2.05, 4.69) is 0 Å². The van der Waals surface area contributed by atoms with E-state index in [9.17, 15) is 72.0 Å². The Labute approximate surface area is 836 Å². The van der Waals surface area contributed by atoms with Crippen molar-refractivity contribution < 1.29 is 72.0 Å². The van der Waals surface area contributed by atoms with Gasteiger partial charge in [0.05, 0.1) is 68.1 Å². The summed E-state index contributed by atoms with van der Waals surface area (Å²) in [6.45, 7) is 6.09. The lowest BCUT2D eigenvalue weighted by Crippen LogP contribution is -2.34. The number of ketones is 4. The maximum absolute atomic E-state index is 13.9. The first-order chi connectivity index (χ1) is 69.5. The molecule has 0 spiro atoms. The second-order valence-electron chi connectivity index (χ2n) is 34.4. The molecule has 0 aliphatic carbocycles. The van der Waals surface area contributed by atoms with Gasteiger partial charge >= 0.3 is 0 Å². The van der Waals surface area contributed by atoms with Crippen LogP contribution in [0.25, 0.3) is 66.8 Å². The number of Topliss-reactive ketones (excluding diaryl/α,β-unsaturated/α-hetero) is 4. The van der Waals surface area contributed by atoms with E-state index in [0.717, 1.165) is 84.0 Å². The minimum atomic E-state index is -4.18. The van der Waals surface area contributed by atoms with E-state index in [0.29, 0.717) is 44.5 Å². The molecular weight excluding hydrogens is 1880 g/mol. The molecule has 0 aromatic heterocycles. The molecule has 0 saturated carbocycles. The number of amides is 4. The zero-order valence-corrected chi connectivity index (χ0v) is 81.6. The van der Waals surface area contributed by atoms with Gasteiger partial charge in [-0.2, -0.15) is 0 Å². The van der Waals surface area contributed by atoms with Crippen LogP contribution in [0.5, 0.6) is 0 Å². The number of rotatable bonds is 24. The summed E-state index contributed by atoms with van der Waals surface area (Å²) in [4.78, 5) is 110. The second-order valence-corrected chi connectivity index (χ2v) is 41.8. The third-order valence-electron chi connectivity index (χ3n) is 25.0. The van der Waals surface area contributed by atoms with Gasteiger partial charge in [0.15, 0.2) is 23.1 Å². The third-order valence-corrected chi connectivity index (χ3v) is 31.9. The minimum absolute atomic E-state index is 0.00514. The quantitative estimate of drug-likeness (QED) is 0.0508. The fourth-order valence-electron chi connectivity index (χ4n) is 17.5. The Morgan fingerprint density at radius 2 is 0.319 bits per heavy atom. The smallest absolute Gasteiger partial charge is 0.269 e. The molecule has 712 valence electrons. The second kappa shape index (κ2) is 42.5. The van der Waals surface area contributed by atoms with Gasteiger partial charge in [-0.25, -0.2) is 50.9 Å². The predicted octanol–water partition coefficient (Wildman–Crippen LogP) is 22.1. The van der Waals surface area contributed by atoms with Crippen molar-refractivity contribution in [1.29, 1.82) is 0 Å². The van der Waals surface area contributed by atoms with Crippen molar-refractivity contribution >= 4 is 109 Å². The SMILES string of the molecule is Cc1ccc(S(=O)(=O)N2CC(C(=O)c3ccccc3)=C(c3ccccc3-c3ccccc3)C2=O)cc1.Cc1ccc(S(=O)(=O)N2CC(C(=O)c3ccccc3)=C(c3ccccc3-c3ccccc3)C2=O)cc1.Cc1ccc(S(=O)(=O)N2CC(C(=O)c3ccccc3)=C(c3ccccc3-c3ccccc3)C2=O)cc1.Cc1ccc(S(=O)(=O)N2CC(C(=O)c3ccccc3)=C(c3ccccc3-c3ccccc3)C2=O)cc1. The zero-order chi connectivity index (χ0) is 101. The highest BCUT2D eigenvalue weighted by molar-refractivity contribution is 7.90. The number of aryl methyl sites for hydroxylation is 4. The van der Waals surface area contributed by atoms with E-state index >= 15 is 0 Å². The molecule has 24 heteroatoms. The van der Waals surface area contributed by atoms with E-state index in [1.54, 1.807) is 218 Å². The van der Waals surface area contributed by atoms with Gasteiger partial charge in [-0.15, -0.1) is 0 Å². The number of hydrogen-bond acceptors (Lipinski definition) is 16. The average Bonchev–Trinajstić information content (AvgIpc) is 1.61. The lowest BCUT2D eigenvalue weighted by atomic mass is 9.90. The van der Waals surface area contributed by atoms with Gasteiger partial charge in [-0.1, -0.05) is 411 Å². The molecule has 0 saturated heterocycles. The van der Waals surface area contributed by atoms with Gasteiger partial charge < -0.3 is 0 Å². The van der Waals surface area contributed by atoms with Gasteiger partial charge in [0.25, 0.3) is 63.7 Å². The minimum Gasteiger partial charge on any atom is -0.289 e.